The molecule has 0 bridgehead atoms. The highest BCUT2D eigenvalue weighted by atomic mass is 15.5. The van der Waals surface area contributed by atoms with Crippen molar-refractivity contribution in [2.45, 2.75) is 6.54 Å². The summed E-state index contributed by atoms with van der Waals surface area (Å²) in [6, 6.07) is 7.90. The average Bonchev–Trinajstić information content (AvgIpc) is 3.24. The van der Waals surface area contributed by atoms with E-state index in [-0.39, 0.29) is 0 Å². The van der Waals surface area contributed by atoms with Gasteiger partial charge in [0.15, 0.2) is 5.65 Å². The van der Waals surface area contributed by atoms with Gasteiger partial charge < -0.3 is 9.88 Å². The van der Waals surface area contributed by atoms with Crippen LogP contribution in [0.5, 0.6) is 0 Å². The van der Waals surface area contributed by atoms with Gasteiger partial charge in [-0.15, -0.1) is 10.2 Å². The number of nitrogens with one attached hydrogen (secondary N) is 2. The summed E-state index contributed by atoms with van der Waals surface area (Å²) in [5, 5.41) is 17.2. The SMILES string of the molecule is Cn1cnc2cnc(NCc3cccc(-c4nn[nH]n4)c3)nc21. The predicted molar refractivity (Wildman–Crippen MR) is 83.2 cm³/mol. The Kier molecular flexibility index (Phi) is 3.15. The molecule has 9 heteroatoms. The maximum atomic E-state index is 4.46. The number of aromatic amines is 1. The molecule has 0 aliphatic rings. The molecular formula is C14H13N9. The molecule has 0 saturated carbocycles. The van der Waals surface area contributed by atoms with Crippen LogP contribution in [0, 0.1) is 0 Å². The Balaban J connectivity index is 1.54. The third-order valence-corrected chi connectivity index (χ3v) is 3.44. The highest BCUT2D eigenvalue weighted by Crippen LogP contribution is 2.16. The zero-order valence-corrected chi connectivity index (χ0v) is 12.3. The molecule has 0 amide bonds. The van der Waals surface area contributed by atoms with E-state index in [4.69, 9.17) is 0 Å². The lowest BCUT2D eigenvalue weighted by atomic mass is 10.1. The van der Waals surface area contributed by atoms with Crippen LogP contribution in [0.2, 0.25) is 0 Å². The largest absolute Gasteiger partial charge is 0.350 e. The van der Waals surface area contributed by atoms with Crippen molar-refractivity contribution in [3.8, 4) is 11.4 Å². The topological polar surface area (TPSA) is 110 Å². The predicted octanol–water partition coefficient (Wildman–Crippen LogP) is 1.16. The molecule has 1 aromatic carbocycles. The summed E-state index contributed by atoms with van der Waals surface area (Å²) < 4.78 is 1.86. The fourth-order valence-electron chi connectivity index (χ4n) is 2.29. The number of aryl methyl sites for hydroxylation is 1. The van der Waals surface area contributed by atoms with E-state index in [0.29, 0.717) is 18.3 Å². The number of rotatable bonds is 4. The second kappa shape index (κ2) is 5.44. The Morgan fingerprint density at radius 1 is 1.26 bits per heavy atom. The molecule has 0 fully saturated rings. The van der Waals surface area contributed by atoms with Gasteiger partial charge in [0.05, 0.1) is 12.5 Å². The Labute approximate surface area is 130 Å². The van der Waals surface area contributed by atoms with Crippen molar-refractivity contribution in [2.24, 2.45) is 7.05 Å². The van der Waals surface area contributed by atoms with E-state index in [1.807, 2.05) is 35.9 Å². The zero-order valence-electron chi connectivity index (χ0n) is 12.3. The molecule has 4 aromatic rings. The Bertz CT molecular complexity index is 942. The van der Waals surface area contributed by atoms with Crippen molar-refractivity contribution in [1.29, 1.82) is 0 Å². The third-order valence-electron chi connectivity index (χ3n) is 3.44. The normalized spacial score (nSPS) is 11.0. The maximum Gasteiger partial charge on any atom is 0.225 e. The summed E-state index contributed by atoms with van der Waals surface area (Å²) in [5.41, 5.74) is 3.54. The number of benzene rings is 1. The minimum atomic E-state index is 0.561. The van der Waals surface area contributed by atoms with Crippen LogP contribution < -0.4 is 5.32 Å². The second-order valence-electron chi connectivity index (χ2n) is 5.05. The molecular weight excluding hydrogens is 294 g/mol. The summed E-state index contributed by atoms with van der Waals surface area (Å²) in [5.74, 6) is 1.13. The molecule has 0 unspecified atom stereocenters. The molecule has 0 atom stereocenters. The summed E-state index contributed by atoms with van der Waals surface area (Å²) >= 11 is 0. The summed E-state index contributed by atoms with van der Waals surface area (Å²) in [6.45, 7) is 0.592. The van der Waals surface area contributed by atoms with Crippen LogP contribution in [-0.2, 0) is 13.6 Å². The van der Waals surface area contributed by atoms with Crippen molar-refractivity contribution < 1.29 is 0 Å². The lowest BCUT2D eigenvalue weighted by molar-refractivity contribution is 0.881. The number of tetrazole rings is 1. The maximum absolute atomic E-state index is 4.46. The summed E-state index contributed by atoms with van der Waals surface area (Å²) in [7, 11) is 1.90. The second-order valence-corrected chi connectivity index (χ2v) is 5.05. The molecule has 0 saturated heterocycles. The number of hydrogen-bond donors (Lipinski definition) is 2. The van der Waals surface area contributed by atoms with Gasteiger partial charge in [-0.3, -0.25) is 0 Å². The number of fused-ring (bicyclic) bond motifs is 1. The quantitative estimate of drug-likeness (QED) is 0.582. The first-order valence-electron chi connectivity index (χ1n) is 7.00. The van der Waals surface area contributed by atoms with E-state index in [0.717, 1.165) is 22.3 Å². The Hall–Kier alpha value is -3.36. The number of nitrogens with zero attached hydrogens (tertiary/aromatic N) is 7. The van der Waals surface area contributed by atoms with Gasteiger partial charge in [-0.1, -0.05) is 18.2 Å². The van der Waals surface area contributed by atoms with Crippen LogP contribution in [0.4, 0.5) is 5.95 Å². The van der Waals surface area contributed by atoms with E-state index in [1.165, 1.54) is 0 Å². The molecule has 3 heterocycles. The van der Waals surface area contributed by atoms with Crippen LogP contribution in [0.25, 0.3) is 22.6 Å². The fraction of sp³-hybridized carbons (Fsp3) is 0.143. The fourth-order valence-corrected chi connectivity index (χ4v) is 2.29. The van der Waals surface area contributed by atoms with Crippen LogP contribution in [0.15, 0.2) is 36.8 Å². The van der Waals surface area contributed by atoms with Crippen molar-refractivity contribution in [2.75, 3.05) is 5.32 Å². The highest BCUT2D eigenvalue weighted by molar-refractivity contribution is 5.70. The van der Waals surface area contributed by atoms with Gasteiger partial charge >= 0.3 is 0 Å². The van der Waals surface area contributed by atoms with Crippen molar-refractivity contribution in [3.05, 3.63) is 42.4 Å². The van der Waals surface area contributed by atoms with Gasteiger partial charge in [0, 0.05) is 19.2 Å². The van der Waals surface area contributed by atoms with E-state index < -0.39 is 0 Å². The summed E-state index contributed by atoms with van der Waals surface area (Å²) in [4.78, 5) is 12.9. The molecule has 9 nitrogen and oxygen atoms in total. The molecule has 2 N–H and O–H groups in total. The van der Waals surface area contributed by atoms with E-state index in [9.17, 15) is 0 Å². The lowest BCUT2D eigenvalue weighted by Crippen LogP contribution is -2.04. The molecule has 0 spiro atoms. The summed E-state index contributed by atoms with van der Waals surface area (Å²) in [6.07, 6.45) is 3.43. The third kappa shape index (κ3) is 2.59. The molecule has 0 aliphatic heterocycles. The molecule has 0 radical (unpaired) electrons. The van der Waals surface area contributed by atoms with Gasteiger partial charge in [0.1, 0.15) is 5.52 Å². The molecule has 0 aliphatic carbocycles. The van der Waals surface area contributed by atoms with Gasteiger partial charge in [0.2, 0.25) is 11.8 Å². The van der Waals surface area contributed by atoms with Crippen LogP contribution in [-0.4, -0.2) is 40.1 Å². The van der Waals surface area contributed by atoms with Gasteiger partial charge in [0.25, 0.3) is 0 Å². The Morgan fingerprint density at radius 2 is 2.22 bits per heavy atom. The van der Waals surface area contributed by atoms with E-state index in [2.05, 4.69) is 40.9 Å². The van der Waals surface area contributed by atoms with Crippen LogP contribution in [0.1, 0.15) is 5.56 Å². The molecule has 23 heavy (non-hydrogen) atoms. The van der Waals surface area contributed by atoms with Crippen molar-refractivity contribution >= 4 is 17.1 Å². The smallest absolute Gasteiger partial charge is 0.225 e. The number of H-pyrrole nitrogens is 1. The molecule has 3 aromatic heterocycles. The van der Waals surface area contributed by atoms with Crippen molar-refractivity contribution in [3.63, 3.8) is 0 Å². The average molecular weight is 307 g/mol. The minimum Gasteiger partial charge on any atom is -0.350 e. The highest BCUT2D eigenvalue weighted by Gasteiger charge is 2.06. The lowest BCUT2D eigenvalue weighted by Gasteiger charge is -2.06. The zero-order chi connectivity index (χ0) is 15.6. The standard InChI is InChI=1S/C14H13N9/c1-23-8-17-11-7-16-14(18-13(11)23)15-6-9-3-2-4-10(5-9)12-19-21-22-20-12/h2-5,7-8H,6H2,1H3,(H,15,16,18)(H,19,20,21,22). The van der Waals surface area contributed by atoms with Gasteiger partial charge in [-0.2, -0.15) is 10.2 Å². The van der Waals surface area contributed by atoms with E-state index in [1.54, 1.807) is 12.5 Å². The number of anilines is 1. The van der Waals surface area contributed by atoms with Gasteiger partial charge in [-0.25, -0.2) is 9.97 Å². The first-order chi connectivity index (χ1) is 11.3. The monoisotopic (exact) mass is 307 g/mol. The van der Waals surface area contributed by atoms with E-state index >= 15 is 0 Å². The van der Waals surface area contributed by atoms with Crippen LogP contribution >= 0.6 is 0 Å². The number of imidazole rings is 1. The van der Waals surface area contributed by atoms with Gasteiger partial charge in [-0.05, 0) is 16.8 Å². The first kappa shape index (κ1) is 13.3. The number of hydrogen-bond acceptors (Lipinski definition) is 7. The van der Waals surface area contributed by atoms with Crippen molar-refractivity contribution in [1.82, 2.24) is 40.1 Å². The number of aromatic nitrogens is 8. The minimum absolute atomic E-state index is 0.561. The Morgan fingerprint density at radius 3 is 3.09 bits per heavy atom. The first-order valence-corrected chi connectivity index (χ1v) is 7.00. The molecule has 4 rings (SSSR count). The molecule has 114 valence electrons. The van der Waals surface area contributed by atoms with Crippen LogP contribution in [0.3, 0.4) is 0 Å².